The van der Waals surface area contributed by atoms with Gasteiger partial charge in [0.05, 0.1) is 12.2 Å². The van der Waals surface area contributed by atoms with Crippen molar-refractivity contribution in [1.29, 1.82) is 0 Å². The number of aryl methyl sites for hydroxylation is 2. The van der Waals surface area contributed by atoms with E-state index >= 15 is 0 Å². The van der Waals surface area contributed by atoms with Crippen molar-refractivity contribution >= 4 is 18.3 Å². The van der Waals surface area contributed by atoms with Crippen molar-refractivity contribution in [2.75, 3.05) is 13.1 Å². The molecule has 5 nitrogen and oxygen atoms in total. The van der Waals surface area contributed by atoms with Gasteiger partial charge in [0.2, 0.25) is 0 Å². The number of hydrogen-bond donors (Lipinski definition) is 1. The molecule has 2 aromatic rings. The predicted octanol–water partition coefficient (Wildman–Crippen LogP) is 2.53. The summed E-state index contributed by atoms with van der Waals surface area (Å²) in [4.78, 5) is 14.5. The lowest BCUT2D eigenvalue weighted by Gasteiger charge is -2.30. The van der Waals surface area contributed by atoms with E-state index in [1.165, 1.54) is 0 Å². The molecule has 0 bridgehead atoms. The minimum atomic E-state index is 0. The number of carbonyl (C=O) groups is 1. The molecule has 0 radical (unpaired) electrons. The van der Waals surface area contributed by atoms with Gasteiger partial charge in [0.25, 0.3) is 5.91 Å². The van der Waals surface area contributed by atoms with E-state index in [4.69, 9.17) is 5.73 Å². The molecule has 1 fully saturated rings. The fourth-order valence-corrected chi connectivity index (χ4v) is 3.19. The van der Waals surface area contributed by atoms with Crippen molar-refractivity contribution in [3.8, 4) is 0 Å². The van der Waals surface area contributed by atoms with E-state index in [-0.39, 0.29) is 24.4 Å². The van der Waals surface area contributed by atoms with Gasteiger partial charge in [-0.15, -0.1) is 12.4 Å². The topological polar surface area (TPSA) is 64.2 Å². The molecule has 6 heteroatoms. The lowest BCUT2D eigenvalue weighted by Crippen LogP contribution is -2.45. The van der Waals surface area contributed by atoms with Crippen LogP contribution in [0.25, 0.3) is 0 Å². The smallest absolute Gasteiger partial charge is 0.253 e. The minimum Gasteiger partial charge on any atom is -0.337 e. The summed E-state index contributed by atoms with van der Waals surface area (Å²) in [6.45, 7) is 6.17. The number of rotatable bonds is 3. The fraction of sp³-hybridized carbons (Fsp3) is 0.444. The summed E-state index contributed by atoms with van der Waals surface area (Å²) in [6.07, 6.45) is 1.99. The summed E-state index contributed by atoms with van der Waals surface area (Å²) >= 11 is 0. The van der Waals surface area contributed by atoms with Crippen molar-refractivity contribution in [2.45, 2.75) is 39.3 Å². The number of amides is 1. The molecular weight excluding hydrogens is 324 g/mol. The van der Waals surface area contributed by atoms with E-state index in [1.807, 2.05) is 47.7 Å². The van der Waals surface area contributed by atoms with Crippen LogP contribution < -0.4 is 5.73 Å². The highest BCUT2D eigenvalue weighted by atomic mass is 35.5. The van der Waals surface area contributed by atoms with Crippen LogP contribution in [0.4, 0.5) is 0 Å². The molecule has 1 unspecified atom stereocenters. The fourth-order valence-electron chi connectivity index (χ4n) is 3.19. The molecule has 1 saturated heterocycles. The summed E-state index contributed by atoms with van der Waals surface area (Å²) in [5, 5.41) is 4.48. The quantitative estimate of drug-likeness (QED) is 0.927. The predicted molar refractivity (Wildman–Crippen MR) is 97.6 cm³/mol. The molecule has 1 atom stereocenters. The lowest BCUT2D eigenvalue weighted by atomic mass is 10.0. The average molecular weight is 349 g/mol. The highest BCUT2D eigenvalue weighted by Crippen LogP contribution is 2.15. The Hall–Kier alpha value is -1.85. The lowest BCUT2D eigenvalue weighted by molar-refractivity contribution is 0.0708. The van der Waals surface area contributed by atoms with E-state index in [9.17, 15) is 4.79 Å². The number of likely N-dealkylation sites (tertiary alicyclic amines) is 1. The zero-order valence-electron chi connectivity index (χ0n) is 14.2. The summed E-state index contributed by atoms with van der Waals surface area (Å²) < 4.78 is 1.97. The second-order valence-corrected chi connectivity index (χ2v) is 6.44. The van der Waals surface area contributed by atoms with Crippen LogP contribution >= 0.6 is 12.4 Å². The molecule has 0 aliphatic carbocycles. The number of carbonyl (C=O) groups excluding carboxylic acids is 1. The molecule has 2 N–H and O–H groups in total. The Morgan fingerprint density at radius 3 is 2.79 bits per heavy atom. The van der Waals surface area contributed by atoms with Crippen LogP contribution in [0.15, 0.2) is 30.3 Å². The van der Waals surface area contributed by atoms with E-state index in [2.05, 4.69) is 11.2 Å². The largest absolute Gasteiger partial charge is 0.337 e. The summed E-state index contributed by atoms with van der Waals surface area (Å²) in [5.74, 6) is 0.0790. The number of halogens is 1. The first-order valence-corrected chi connectivity index (χ1v) is 8.18. The van der Waals surface area contributed by atoms with E-state index in [0.717, 1.165) is 41.9 Å². The number of nitrogens with two attached hydrogens (primary N) is 1. The number of benzene rings is 1. The van der Waals surface area contributed by atoms with Crippen molar-refractivity contribution in [3.63, 3.8) is 0 Å². The van der Waals surface area contributed by atoms with Gasteiger partial charge in [-0.3, -0.25) is 9.48 Å². The number of piperidine rings is 1. The Labute approximate surface area is 149 Å². The molecule has 1 aromatic heterocycles. The molecule has 24 heavy (non-hydrogen) atoms. The number of nitrogens with zero attached hydrogens (tertiary/aromatic N) is 3. The highest BCUT2D eigenvalue weighted by molar-refractivity contribution is 5.94. The zero-order valence-corrected chi connectivity index (χ0v) is 15.1. The van der Waals surface area contributed by atoms with Crippen LogP contribution in [0.5, 0.6) is 0 Å². The first-order valence-electron chi connectivity index (χ1n) is 8.18. The maximum absolute atomic E-state index is 12.7. The molecule has 1 aliphatic heterocycles. The number of aromatic nitrogens is 2. The molecule has 0 spiro atoms. The highest BCUT2D eigenvalue weighted by Gasteiger charge is 2.22. The Balaban J connectivity index is 0.00000208. The van der Waals surface area contributed by atoms with Crippen LogP contribution in [-0.2, 0) is 6.54 Å². The first kappa shape index (κ1) is 18.5. The third-order valence-electron chi connectivity index (χ3n) is 4.35. The Morgan fingerprint density at radius 1 is 1.33 bits per heavy atom. The number of hydrogen-bond acceptors (Lipinski definition) is 3. The maximum Gasteiger partial charge on any atom is 0.253 e. The molecule has 1 aromatic carbocycles. The third kappa shape index (κ3) is 4.16. The van der Waals surface area contributed by atoms with Crippen LogP contribution in [0.3, 0.4) is 0 Å². The Morgan fingerprint density at radius 2 is 2.12 bits per heavy atom. The van der Waals surface area contributed by atoms with Crippen molar-refractivity contribution in [1.82, 2.24) is 14.7 Å². The van der Waals surface area contributed by atoms with Crippen LogP contribution in [0.1, 0.15) is 40.2 Å². The second-order valence-electron chi connectivity index (χ2n) is 6.44. The average Bonchev–Trinajstić information content (AvgIpc) is 2.84. The molecule has 2 heterocycles. The van der Waals surface area contributed by atoms with Crippen molar-refractivity contribution in [2.24, 2.45) is 5.73 Å². The Bertz CT molecular complexity index is 713. The summed E-state index contributed by atoms with van der Waals surface area (Å²) in [5.41, 5.74) is 9.94. The van der Waals surface area contributed by atoms with Gasteiger partial charge in [-0.2, -0.15) is 5.10 Å². The van der Waals surface area contributed by atoms with Gasteiger partial charge >= 0.3 is 0 Å². The monoisotopic (exact) mass is 348 g/mol. The summed E-state index contributed by atoms with van der Waals surface area (Å²) in [7, 11) is 0. The van der Waals surface area contributed by atoms with Crippen molar-refractivity contribution in [3.05, 3.63) is 52.8 Å². The standard InChI is InChI=1S/C18H24N4O.ClH/c1-13-9-14(2)22(20-13)11-15-5-3-6-16(10-15)18(23)21-8-4-7-17(19)12-21;/h3,5-6,9-10,17H,4,7-8,11-12,19H2,1-2H3;1H. The van der Waals surface area contributed by atoms with Crippen LogP contribution in [0, 0.1) is 13.8 Å². The van der Waals surface area contributed by atoms with E-state index in [0.29, 0.717) is 13.1 Å². The van der Waals surface area contributed by atoms with Crippen LogP contribution in [-0.4, -0.2) is 39.7 Å². The SMILES string of the molecule is Cc1cc(C)n(Cc2cccc(C(=O)N3CCCC(N)C3)c2)n1.Cl. The third-order valence-corrected chi connectivity index (χ3v) is 4.35. The minimum absolute atomic E-state index is 0. The maximum atomic E-state index is 12.7. The first-order chi connectivity index (χ1) is 11.0. The zero-order chi connectivity index (χ0) is 16.4. The van der Waals surface area contributed by atoms with E-state index < -0.39 is 0 Å². The molecule has 1 amide bonds. The molecule has 1 aliphatic rings. The Kier molecular flexibility index (Phi) is 6.02. The molecule has 130 valence electrons. The van der Waals surface area contributed by atoms with Crippen LogP contribution in [0.2, 0.25) is 0 Å². The van der Waals surface area contributed by atoms with Gasteiger partial charge in [-0.05, 0) is 50.5 Å². The van der Waals surface area contributed by atoms with Gasteiger partial charge in [0.15, 0.2) is 0 Å². The normalized spacial score (nSPS) is 17.5. The van der Waals surface area contributed by atoms with Gasteiger partial charge in [0, 0.05) is 30.4 Å². The van der Waals surface area contributed by atoms with E-state index in [1.54, 1.807) is 0 Å². The van der Waals surface area contributed by atoms with Gasteiger partial charge in [-0.1, -0.05) is 12.1 Å². The van der Waals surface area contributed by atoms with Gasteiger partial charge < -0.3 is 10.6 Å². The van der Waals surface area contributed by atoms with Crippen molar-refractivity contribution < 1.29 is 4.79 Å². The van der Waals surface area contributed by atoms with Gasteiger partial charge in [0.1, 0.15) is 0 Å². The summed E-state index contributed by atoms with van der Waals surface area (Å²) in [6, 6.07) is 9.99. The molecule has 3 rings (SSSR count). The molecular formula is C18H25ClN4O. The second kappa shape index (κ2) is 7.81. The molecule has 0 saturated carbocycles. The van der Waals surface area contributed by atoms with Gasteiger partial charge in [-0.25, -0.2) is 0 Å².